The number of nitrogens with zero attached hydrogens (tertiary/aromatic N) is 5. The van der Waals surface area contributed by atoms with E-state index in [-0.39, 0.29) is 24.1 Å². The molecular weight excluding hydrogens is 443 g/mol. The van der Waals surface area contributed by atoms with E-state index in [1.165, 1.54) is 24.3 Å². The summed E-state index contributed by atoms with van der Waals surface area (Å²) in [7, 11) is 1.56. The fourth-order valence-corrected chi connectivity index (χ4v) is 3.25. The Hall–Kier alpha value is -3.69. The maximum absolute atomic E-state index is 12.3. The van der Waals surface area contributed by atoms with Crippen LogP contribution in [0.4, 0.5) is 19.0 Å². The van der Waals surface area contributed by atoms with Crippen molar-refractivity contribution in [3.8, 4) is 29.2 Å². The molecular formula is C21H18F3N5O4. The number of methoxy groups -OCH3 is 1. The molecule has 0 saturated carbocycles. The van der Waals surface area contributed by atoms with Crippen molar-refractivity contribution in [1.82, 2.24) is 20.3 Å². The molecule has 1 aliphatic heterocycles. The fourth-order valence-electron chi connectivity index (χ4n) is 3.25. The molecule has 4 rings (SSSR count). The van der Waals surface area contributed by atoms with Gasteiger partial charge in [-0.1, -0.05) is 17.0 Å². The molecule has 0 aliphatic carbocycles. The SMILES string of the molecule is COC1(C#Cc2ccc(OC(F)(F)F)cc2)CCN(c2ccc(-c3nc(CO)no3)nn2)C1. The Bertz CT molecular complexity index is 1160. The van der Waals surface area contributed by atoms with Gasteiger partial charge in [0.25, 0.3) is 5.89 Å². The zero-order valence-corrected chi connectivity index (χ0v) is 17.3. The smallest absolute Gasteiger partial charge is 0.406 e. The van der Waals surface area contributed by atoms with Gasteiger partial charge in [-0.3, -0.25) is 0 Å². The summed E-state index contributed by atoms with van der Waals surface area (Å²) in [5.74, 6) is 6.66. The Morgan fingerprint density at radius 2 is 1.97 bits per heavy atom. The largest absolute Gasteiger partial charge is 0.573 e. The van der Waals surface area contributed by atoms with E-state index < -0.39 is 12.0 Å². The summed E-state index contributed by atoms with van der Waals surface area (Å²) in [6, 6.07) is 8.76. The van der Waals surface area contributed by atoms with E-state index in [2.05, 4.69) is 36.9 Å². The summed E-state index contributed by atoms with van der Waals surface area (Å²) in [6.07, 6.45) is -4.14. The second-order valence-electron chi connectivity index (χ2n) is 7.14. The lowest BCUT2D eigenvalue weighted by molar-refractivity contribution is -0.274. The fraction of sp³-hybridized carbons (Fsp3) is 0.333. The number of aliphatic hydroxyl groups excluding tert-OH is 1. The zero-order valence-electron chi connectivity index (χ0n) is 17.3. The molecule has 172 valence electrons. The van der Waals surface area contributed by atoms with Crippen molar-refractivity contribution in [3.05, 3.63) is 47.8 Å². The molecule has 1 aliphatic rings. The van der Waals surface area contributed by atoms with Crippen LogP contribution < -0.4 is 9.64 Å². The Morgan fingerprint density at radius 3 is 2.58 bits per heavy atom. The standard InChI is InChI=1S/C21H18F3N5O4/c1-31-20(9-8-14-2-4-15(5-3-14)32-21(22,23)24)10-11-29(13-20)18-7-6-16(26-27-18)19-25-17(12-30)28-33-19/h2-7,30H,10-13H2,1H3. The highest BCUT2D eigenvalue weighted by atomic mass is 19.4. The monoisotopic (exact) mass is 461 g/mol. The van der Waals surface area contributed by atoms with Gasteiger partial charge in [0.05, 0.1) is 6.54 Å². The van der Waals surface area contributed by atoms with E-state index in [4.69, 9.17) is 14.4 Å². The summed E-state index contributed by atoms with van der Waals surface area (Å²) in [6.45, 7) is 0.702. The third-order valence-electron chi connectivity index (χ3n) is 4.95. The molecule has 0 radical (unpaired) electrons. The lowest BCUT2D eigenvalue weighted by atomic mass is 10.0. The second kappa shape index (κ2) is 9.05. The highest BCUT2D eigenvalue weighted by molar-refractivity contribution is 5.51. The van der Waals surface area contributed by atoms with Crippen molar-refractivity contribution in [2.24, 2.45) is 0 Å². The van der Waals surface area contributed by atoms with Crippen LogP contribution in [0.2, 0.25) is 0 Å². The topological polar surface area (TPSA) is 107 Å². The van der Waals surface area contributed by atoms with Crippen LogP contribution >= 0.6 is 0 Å². The van der Waals surface area contributed by atoms with E-state index in [1.807, 2.05) is 4.90 Å². The number of hydrogen-bond acceptors (Lipinski definition) is 9. The minimum absolute atomic E-state index is 0.154. The van der Waals surface area contributed by atoms with Crippen LogP contribution in [0, 0.1) is 11.8 Å². The molecule has 3 aromatic rings. The van der Waals surface area contributed by atoms with Crippen LogP contribution in [0.5, 0.6) is 5.75 Å². The number of halogens is 3. The zero-order chi connectivity index (χ0) is 23.5. The molecule has 0 spiro atoms. The van der Waals surface area contributed by atoms with Crippen molar-refractivity contribution in [1.29, 1.82) is 0 Å². The van der Waals surface area contributed by atoms with Crippen LogP contribution in [-0.2, 0) is 11.3 Å². The average Bonchev–Trinajstić information content (AvgIpc) is 3.46. The third-order valence-corrected chi connectivity index (χ3v) is 4.95. The molecule has 1 N–H and O–H groups in total. The van der Waals surface area contributed by atoms with Crippen LogP contribution in [0.15, 0.2) is 40.9 Å². The van der Waals surface area contributed by atoms with Gasteiger partial charge < -0.3 is 24.0 Å². The molecule has 12 heteroatoms. The Kier molecular flexibility index (Phi) is 6.17. The molecule has 1 atom stereocenters. The Balaban J connectivity index is 1.44. The van der Waals surface area contributed by atoms with Gasteiger partial charge in [-0.05, 0) is 36.4 Å². The molecule has 2 aromatic heterocycles. The molecule has 1 fully saturated rings. The van der Waals surface area contributed by atoms with Gasteiger partial charge in [-0.15, -0.1) is 23.4 Å². The maximum Gasteiger partial charge on any atom is 0.573 e. The van der Waals surface area contributed by atoms with E-state index in [0.29, 0.717) is 36.6 Å². The Labute approximate surface area is 186 Å². The average molecular weight is 461 g/mol. The third kappa shape index (κ3) is 5.39. The number of hydrogen-bond donors (Lipinski definition) is 1. The molecule has 9 nitrogen and oxygen atoms in total. The minimum Gasteiger partial charge on any atom is -0.406 e. The van der Waals surface area contributed by atoms with Gasteiger partial charge in [0.15, 0.2) is 17.3 Å². The number of anilines is 1. The number of rotatable bonds is 5. The predicted octanol–water partition coefficient (Wildman–Crippen LogP) is 2.56. The predicted molar refractivity (Wildman–Crippen MR) is 108 cm³/mol. The summed E-state index contributed by atoms with van der Waals surface area (Å²) >= 11 is 0. The lowest BCUT2D eigenvalue weighted by Gasteiger charge is -2.22. The molecule has 1 aromatic carbocycles. The van der Waals surface area contributed by atoms with Gasteiger partial charge in [-0.2, -0.15) is 4.98 Å². The second-order valence-corrected chi connectivity index (χ2v) is 7.14. The minimum atomic E-state index is -4.74. The van der Waals surface area contributed by atoms with Crippen LogP contribution in [0.25, 0.3) is 11.6 Å². The normalized spacial score (nSPS) is 18.2. The number of aliphatic hydroxyl groups is 1. The van der Waals surface area contributed by atoms with Gasteiger partial charge in [0, 0.05) is 25.6 Å². The van der Waals surface area contributed by atoms with Gasteiger partial charge >= 0.3 is 6.36 Å². The molecule has 33 heavy (non-hydrogen) atoms. The van der Waals surface area contributed by atoms with E-state index in [0.717, 1.165) is 0 Å². The summed E-state index contributed by atoms with van der Waals surface area (Å²) < 4.78 is 51.4. The molecule has 0 amide bonds. The van der Waals surface area contributed by atoms with E-state index in [9.17, 15) is 13.2 Å². The van der Waals surface area contributed by atoms with Crippen LogP contribution in [0.1, 0.15) is 17.8 Å². The van der Waals surface area contributed by atoms with Crippen molar-refractivity contribution in [2.45, 2.75) is 25.0 Å². The first-order valence-corrected chi connectivity index (χ1v) is 9.76. The first-order chi connectivity index (χ1) is 15.8. The highest BCUT2D eigenvalue weighted by Crippen LogP contribution is 2.29. The van der Waals surface area contributed by atoms with Crippen molar-refractivity contribution < 1.29 is 32.3 Å². The molecule has 1 unspecified atom stereocenters. The van der Waals surface area contributed by atoms with Crippen molar-refractivity contribution in [3.63, 3.8) is 0 Å². The first kappa shape index (κ1) is 22.5. The molecule has 0 bridgehead atoms. The number of benzene rings is 1. The van der Waals surface area contributed by atoms with E-state index >= 15 is 0 Å². The van der Waals surface area contributed by atoms with Gasteiger partial charge in [0.1, 0.15) is 18.0 Å². The molecule has 3 heterocycles. The summed E-state index contributed by atoms with van der Waals surface area (Å²) in [4.78, 5) is 5.95. The molecule has 1 saturated heterocycles. The quantitative estimate of drug-likeness (QED) is 0.574. The van der Waals surface area contributed by atoms with E-state index in [1.54, 1.807) is 19.2 Å². The summed E-state index contributed by atoms with van der Waals surface area (Å²) in [5, 5.41) is 20.9. The maximum atomic E-state index is 12.3. The highest BCUT2D eigenvalue weighted by Gasteiger charge is 2.37. The number of ether oxygens (including phenoxy) is 2. The van der Waals surface area contributed by atoms with Gasteiger partial charge in [0.2, 0.25) is 0 Å². The number of alkyl halides is 3. The lowest BCUT2D eigenvalue weighted by Crippen LogP contribution is -2.34. The Morgan fingerprint density at radius 1 is 1.18 bits per heavy atom. The van der Waals surface area contributed by atoms with Crippen molar-refractivity contribution >= 4 is 5.82 Å². The van der Waals surface area contributed by atoms with Crippen LogP contribution in [0.3, 0.4) is 0 Å². The summed E-state index contributed by atoms with van der Waals surface area (Å²) in [5.41, 5.74) is 0.135. The first-order valence-electron chi connectivity index (χ1n) is 9.76. The number of aromatic nitrogens is 4. The van der Waals surface area contributed by atoms with Crippen LogP contribution in [-0.4, -0.2) is 57.6 Å². The van der Waals surface area contributed by atoms with Gasteiger partial charge in [-0.25, -0.2) is 0 Å². The van der Waals surface area contributed by atoms with Crippen molar-refractivity contribution in [2.75, 3.05) is 25.1 Å².